The third kappa shape index (κ3) is 6.04. The second kappa shape index (κ2) is 9.91. The van der Waals surface area contributed by atoms with Crippen LogP contribution in [0.3, 0.4) is 0 Å². The van der Waals surface area contributed by atoms with E-state index in [1.54, 1.807) is 49.4 Å². The minimum absolute atomic E-state index is 0.0570. The van der Waals surface area contributed by atoms with Gasteiger partial charge in [-0.3, -0.25) is 14.9 Å². The molecule has 2 aromatic carbocycles. The maximum absolute atomic E-state index is 12.5. The summed E-state index contributed by atoms with van der Waals surface area (Å²) in [7, 11) is 0. The highest BCUT2D eigenvalue weighted by Gasteiger charge is 2.17. The summed E-state index contributed by atoms with van der Waals surface area (Å²) in [6.45, 7) is 3.38. The maximum atomic E-state index is 12.5. The average Bonchev–Trinajstić information content (AvgIpc) is 3.07. The van der Waals surface area contributed by atoms with E-state index in [2.05, 4.69) is 20.9 Å². The summed E-state index contributed by atoms with van der Waals surface area (Å²) in [5.41, 5.74) is 2.30. The first-order valence-electron chi connectivity index (χ1n) is 9.11. The van der Waals surface area contributed by atoms with Gasteiger partial charge in [0.15, 0.2) is 10.9 Å². The summed E-state index contributed by atoms with van der Waals surface area (Å²) in [5.74, 6) is -0.382. The number of hydrogen-bond donors (Lipinski definition) is 3. The zero-order chi connectivity index (χ0) is 22.5. The molecular weight excluding hydrogens is 459 g/mol. The van der Waals surface area contributed by atoms with Crippen molar-refractivity contribution in [3.8, 4) is 0 Å². The number of carbonyl (C=O) groups excluding carboxylic acids is 3. The molecule has 0 saturated heterocycles. The monoisotopic (exact) mass is 476 g/mol. The van der Waals surface area contributed by atoms with E-state index in [-0.39, 0.29) is 23.4 Å². The number of nitrogens with zero attached hydrogens (tertiary/aromatic N) is 1. The van der Waals surface area contributed by atoms with Crippen LogP contribution in [0.1, 0.15) is 38.2 Å². The normalized spacial score (nSPS) is 10.5. The van der Waals surface area contributed by atoms with Crippen molar-refractivity contribution in [2.45, 2.75) is 20.4 Å². The minimum Gasteiger partial charge on any atom is -0.347 e. The molecule has 7 nitrogen and oxygen atoms in total. The van der Waals surface area contributed by atoms with Crippen LogP contribution in [-0.2, 0) is 6.54 Å². The van der Waals surface area contributed by atoms with Crippen molar-refractivity contribution >= 4 is 63.1 Å². The molecule has 0 aliphatic rings. The van der Waals surface area contributed by atoms with Crippen molar-refractivity contribution in [1.82, 2.24) is 10.3 Å². The van der Waals surface area contributed by atoms with Crippen LogP contribution in [0.15, 0.2) is 42.5 Å². The highest BCUT2D eigenvalue weighted by molar-refractivity contribution is 7.17. The summed E-state index contributed by atoms with van der Waals surface area (Å²) in [5, 5.41) is 9.30. The average molecular weight is 477 g/mol. The SMILES string of the molecule is CC(=O)c1ccc(NC(=O)Nc2nc(C)c(C(=O)NCc3ccc(Cl)cc3Cl)s2)cc1. The minimum atomic E-state index is -0.510. The Balaban J connectivity index is 1.59. The molecule has 0 atom stereocenters. The van der Waals surface area contributed by atoms with Crippen LogP contribution < -0.4 is 16.0 Å². The number of Topliss-reactive ketones (excluding diaryl/α,β-unsaturated/α-hetero) is 1. The molecule has 160 valence electrons. The Kier molecular flexibility index (Phi) is 7.27. The Hall–Kier alpha value is -2.94. The second-order valence-electron chi connectivity index (χ2n) is 6.56. The molecule has 1 aromatic heterocycles. The standard InChI is InChI=1S/C21H18Cl2N4O3S/c1-11-18(19(29)24-10-14-3-6-15(22)9-17(14)23)31-21(25-11)27-20(30)26-16-7-4-13(5-8-16)12(2)28/h3-9H,10H2,1-2H3,(H,24,29)(H2,25,26,27,30). The third-order valence-electron chi connectivity index (χ3n) is 4.23. The number of ketones is 1. The van der Waals surface area contributed by atoms with Crippen LogP contribution in [-0.4, -0.2) is 22.7 Å². The van der Waals surface area contributed by atoms with Gasteiger partial charge in [-0.05, 0) is 55.8 Å². The number of urea groups is 1. The lowest BCUT2D eigenvalue weighted by molar-refractivity contribution is 0.0953. The van der Waals surface area contributed by atoms with Crippen LogP contribution in [0.5, 0.6) is 0 Å². The van der Waals surface area contributed by atoms with Gasteiger partial charge in [0, 0.05) is 27.8 Å². The molecule has 10 heteroatoms. The molecule has 3 rings (SSSR count). The Morgan fingerprint density at radius 3 is 2.39 bits per heavy atom. The van der Waals surface area contributed by atoms with Crippen molar-refractivity contribution in [3.05, 3.63) is 74.2 Å². The number of hydrogen-bond acceptors (Lipinski definition) is 5. The number of aryl methyl sites for hydroxylation is 1. The zero-order valence-electron chi connectivity index (χ0n) is 16.6. The molecule has 3 aromatic rings. The van der Waals surface area contributed by atoms with Crippen molar-refractivity contribution in [1.29, 1.82) is 0 Å². The van der Waals surface area contributed by atoms with E-state index in [0.717, 1.165) is 16.9 Å². The molecule has 1 heterocycles. The molecular formula is C21H18Cl2N4O3S. The number of nitrogens with one attached hydrogen (secondary N) is 3. The smallest absolute Gasteiger partial charge is 0.325 e. The number of benzene rings is 2. The van der Waals surface area contributed by atoms with Gasteiger partial charge < -0.3 is 10.6 Å². The molecule has 0 bridgehead atoms. The number of amides is 3. The van der Waals surface area contributed by atoms with E-state index in [1.165, 1.54) is 6.92 Å². The van der Waals surface area contributed by atoms with Crippen molar-refractivity contribution in [2.75, 3.05) is 10.6 Å². The number of thiazole rings is 1. The highest BCUT2D eigenvalue weighted by Crippen LogP contribution is 2.24. The lowest BCUT2D eigenvalue weighted by Crippen LogP contribution is -2.22. The van der Waals surface area contributed by atoms with E-state index >= 15 is 0 Å². The lowest BCUT2D eigenvalue weighted by Gasteiger charge is -2.07. The molecule has 3 amide bonds. The Bertz CT molecular complexity index is 1150. The predicted octanol–water partition coefficient (Wildman–Crippen LogP) is 5.53. The third-order valence-corrected chi connectivity index (χ3v) is 5.89. The summed E-state index contributed by atoms with van der Waals surface area (Å²) in [4.78, 5) is 40.7. The molecule has 0 radical (unpaired) electrons. The summed E-state index contributed by atoms with van der Waals surface area (Å²) < 4.78 is 0. The number of carbonyl (C=O) groups is 3. The molecule has 3 N–H and O–H groups in total. The van der Waals surface area contributed by atoms with Gasteiger partial charge in [-0.1, -0.05) is 40.6 Å². The van der Waals surface area contributed by atoms with Gasteiger partial charge in [0.25, 0.3) is 5.91 Å². The molecule has 0 saturated carbocycles. The largest absolute Gasteiger partial charge is 0.347 e. The summed E-state index contributed by atoms with van der Waals surface area (Å²) in [6, 6.07) is 11.0. The van der Waals surface area contributed by atoms with E-state index in [0.29, 0.717) is 31.9 Å². The highest BCUT2D eigenvalue weighted by atomic mass is 35.5. The molecule has 0 fully saturated rings. The van der Waals surface area contributed by atoms with Gasteiger partial charge in [0.2, 0.25) is 0 Å². The van der Waals surface area contributed by atoms with Gasteiger partial charge in [-0.2, -0.15) is 0 Å². The topological polar surface area (TPSA) is 100 Å². The van der Waals surface area contributed by atoms with Gasteiger partial charge >= 0.3 is 6.03 Å². The van der Waals surface area contributed by atoms with Crippen LogP contribution in [0.2, 0.25) is 10.0 Å². The number of rotatable bonds is 6. The van der Waals surface area contributed by atoms with Crippen LogP contribution in [0.4, 0.5) is 15.6 Å². The first-order chi connectivity index (χ1) is 14.7. The van der Waals surface area contributed by atoms with Crippen LogP contribution >= 0.6 is 34.5 Å². The summed E-state index contributed by atoms with van der Waals surface area (Å²) in [6.07, 6.45) is 0. The first-order valence-corrected chi connectivity index (χ1v) is 10.7. The van der Waals surface area contributed by atoms with Crippen LogP contribution in [0, 0.1) is 6.92 Å². The maximum Gasteiger partial charge on any atom is 0.325 e. The molecule has 0 spiro atoms. The Labute approximate surface area is 192 Å². The first kappa shape index (κ1) is 22.7. The number of halogens is 2. The van der Waals surface area contributed by atoms with E-state index in [4.69, 9.17) is 23.2 Å². The van der Waals surface area contributed by atoms with E-state index in [1.807, 2.05) is 0 Å². The lowest BCUT2D eigenvalue weighted by atomic mass is 10.1. The van der Waals surface area contributed by atoms with E-state index in [9.17, 15) is 14.4 Å². The fraction of sp³-hybridized carbons (Fsp3) is 0.143. The number of aromatic nitrogens is 1. The molecule has 31 heavy (non-hydrogen) atoms. The fourth-order valence-electron chi connectivity index (χ4n) is 2.63. The Morgan fingerprint density at radius 1 is 1.03 bits per heavy atom. The fourth-order valence-corrected chi connectivity index (χ4v) is 3.98. The predicted molar refractivity (Wildman–Crippen MR) is 124 cm³/mol. The zero-order valence-corrected chi connectivity index (χ0v) is 18.9. The van der Waals surface area contributed by atoms with Gasteiger partial charge in [0.05, 0.1) is 5.69 Å². The van der Waals surface area contributed by atoms with Gasteiger partial charge in [-0.25, -0.2) is 9.78 Å². The van der Waals surface area contributed by atoms with Crippen molar-refractivity contribution < 1.29 is 14.4 Å². The van der Waals surface area contributed by atoms with Crippen molar-refractivity contribution in [2.24, 2.45) is 0 Å². The quantitative estimate of drug-likeness (QED) is 0.406. The van der Waals surface area contributed by atoms with Gasteiger partial charge in [-0.15, -0.1) is 0 Å². The molecule has 0 aliphatic carbocycles. The molecule has 0 unspecified atom stereocenters. The van der Waals surface area contributed by atoms with E-state index < -0.39 is 6.03 Å². The Morgan fingerprint density at radius 2 is 1.74 bits per heavy atom. The van der Waals surface area contributed by atoms with Crippen LogP contribution in [0.25, 0.3) is 0 Å². The van der Waals surface area contributed by atoms with Gasteiger partial charge in [0.1, 0.15) is 4.88 Å². The summed E-state index contributed by atoms with van der Waals surface area (Å²) >= 11 is 13.1. The van der Waals surface area contributed by atoms with Crippen molar-refractivity contribution in [3.63, 3.8) is 0 Å². The second-order valence-corrected chi connectivity index (χ2v) is 8.41. The number of anilines is 2. The molecule has 0 aliphatic heterocycles.